The maximum absolute atomic E-state index is 11.5. The van der Waals surface area contributed by atoms with Gasteiger partial charge in [-0.05, 0) is 81.6 Å². The fraction of sp³-hybridized carbons (Fsp3) is 0.280. The molecule has 0 aliphatic rings. The number of H-pyrrole nitrogens is 1. The smallest absolute Gasteiger partial charge is 0.335 e. The minimum Gasteiger partial charge on any atom is -0.492 e. The number of unbranched alkanes of at least 4 members (excludes halogenated alkanes) is 1. The Morgan fingerprint density at radius 2 is 1.97 bits per heavy atom. The predicted octanol–water partition coefficient (Wildman–Crippen LogP) is 5.07. The van der Waals surface area contributed by atoms with Crippen LogP contribution in [0, 0.1) is 6.92 Å². The van der Waals surface area contributed by atoms with Crippen LogP contribution in [0.25, 0.3) is 33.1 Å². The van der Waals surface area contributed by atoms with Crippen LogP contribution in [-0.4, -0.2) is 34.2 Å². The first-order valence-electron chi connectivity index (χ1n) is 10.6. The molecule has 0 saturated carbocycles. The van der Waals surface area contributed by atoms with Gasteiger partial charge in [-0.3, -0.25) is 0 Å². The van der Waals surface area contributed by atoms with E-state index in [4.69, 9.17) is 15.5 Å². The fourth-order valence-corrected chi connectivity index (χ4v) is 4.10. The van der Waals surface area contributed by atoms with Crippen molar-refractivity contribution < 1.29 is 14.6 Å². The Balaban J connectivity index is 1.96. The normalized spacial score (nSPS) is 11.3. The summed E-state index contributed by atoms with van der Waals surface area (Å²) in [5.74, 6) is -0.164. The van der Waals surface area contributed by atoms with Crippen LogP contribution in [0.2, 0.25) is 0 Å². The zero-order chi connectivity index (χ0) is 22.0. The molecule has 2 aromatic carbocycles. The number of ether oxygens (including phenoxy) is 1. The molecule has 4 rings (SSSR count). The number of carboxylic acid groups (broad SMARTS) is 1. The first kappa shape index (κ1) is 20.9. The van der Waals surface area contributed by atoms with Crippen LogP contribution in [0.5, 0.6) is 5.75 Å². The molecule has 0 saturated heterocycles. The van der Waals surface area contributed by atoms with Crippen molar-refractivity contribution in [3.05, 3.63) is 59.3 Å². The number of aryl methyl sites for hydroxylation is 2. The highest BCUT2D eigenvalue weighted by Gasteiger charge is 2.18. The molecular formula is C25H27N3O3. The molecule has 4 N–H and O–H groups in total. The average Bonchev–Trinajstić information content (AvgIpc) is 3.12. The Hall–Kier alpha value is -3.38. The Morgan fingerprint density at radius 1 is 1.13 bits per heavy atom. The molecule has 0 fully saturated rings. The average molecular weight is 418 g/mol. The minimum atomic E-state index is -0.927. The van der Waals surface area contributed by atoms with Crippen LogP contribution in [-0.2, 0) is 6.42 Å². The van der Waals surface area contributed by atoms with E-state index in [-0.39, 0.29) is 5.56 Å². The van der Waals surface area contributed by atoms with Crippen molar-refractivity contribution in [3.8, 4) is 17.0 Å². The molecule has 0 bridgehead atoms. The molecule has 0 aliphatic carbocycles. The lowest BCUT2D eigenvalue weighted by molar-refractivity contribution is 0.0697. The van der Waals surface area contributed by atoms with Gasteiger partial charge in [-0.2, -0.15) is 0 Å². The predicted molar refractivity (Wildman–Crippen MR) is 124 cm³/mol. The molecule has 4 aromatic rings. The topological polar surface area (TPSA) is 101 Å². The van der Waals surface area contributed by atoms with Crippen LogP contribution < -0.4 is 10.5 Å². The molecule has 0 unspecified atom stereocenters. The summed E-state index contributed by atoms with van der Waals surface area (Å²) in [5.41, 5.74) is 11.8. The van der Waals surface area contributed by atoms with E-state index in [1.54, 1.807) is 12.1 Å². The molecule has 0 amide bonds. The van der Waals surface area contributed by atoms with Gasteiger partial charge in [0.05, 0.1) is 17.9 Å². The number of carbonyl (C=O) groups is 1. The number of fused-ring (bicyclic) bond motifs is 2. The van der Waals surface area contributed by atoms with Crippen molar-refractivity contribution in [2.75, 3.05) is 13.2 Å². The molecule has 0 radical (unpaired) electrons. The van der Waals surface area contributed by atoms with Crippen molar-refractivity contribution in [1.82, 2.24) is 9.97 Å². The number of pyridine rings is 1. The first-order chi connectivity index (χ1) is 15.0. The van der Waals surface area contributed by atoms with Crippen molar-refractivity contribution in [1.29, 1.82) is 0 Å². The number of hydrogen-bond donors (Lipinski definition) is 3. The van der Waals surface area contributed by atoms with Gasteiger partial charge in [0.25, 0.3) is 0 Å². The Bertz CT molecular complexity index is 1260. The number of aromatic nitrogens is 2. The van der Waals surface area contributed by atoms with Crippen LogP contribution >= 0.6 is 0 Å². The number of hydrogen-bond acceptors (Lipinski definition) is 4. The summed E-state index contributed by atoms with van der Waals surface area (Å²) in [5, 5.41) is 11.4. The highest BCUT2D eigenvalue weighted by molar-refractivity contribution is 6.03. The van der Waals surface area contributed by atoms with Gasteiger partial charge in [0.2, 0.25) is 0 Å². The second kappa shape index (κ2) is 8.78. The molecule has 6 nitrogen and oxygen atoms in total. The highest BCUT2D eigenvalue weighted by atomic mass is 16.5. The Kier molecular flexibility index (Phi) is 5.91. The number of aromatic amines is 1. The Labute approximate surface area is 181 Å². The largest absolute Gasteiger partial charge is 0.492 e. The van der Waals surface area contributed by atoms with Gasteiger partial charge in [-0.1, -0.05) is 6.07 Å². The molecule has 0 aliphatic heterocycles. The van der Waals surface area contributed by atoms with E-state index in [1.165, 1.54) is 0 Å². The van der Waals surface area contributed by atoms with Crippen molar-refractivity contribution in [2.45, 2.75) is 33.1 Å². The number of aromatic carboxylic acids is 1. The summed E-state index contributed by atoms with van der Waals surface area (Å²) in [4.78, 5) is 19.8. The highest BCUT2D eigenvalue weighted by Crippen LogP contribution is 2.38. The van der Waals surface area contributed by atoms with Gasteiger partial charge < -0.3 is 20.6 Å². The summed E-state index contributed by atoms with van der Waals surface area (Å²) < 4.78 is 5.82. The number of carboxylic acids is 1. The van der Waals surface area contributed by atoms with Crippen LogP contribution in [0.4, 0.5) is 0 Å². The molecule has 6 heteroatoms. The second-order valence-electron chi connectivity index (χ2n) is 7.68. The fourth-order valence-electron chi connectivity index (χ4n) is 4.10. The molecule has 160 valence electrons. The van der Waals surface area contributed by atoms with E-state index in [0.717, 1.165) is 69.3 Å². The number of nitrogens with zero attached hydrogens (tertiary/aromatic N) is 1. The lowest BCUT2D eigenvalue weighted by Crippen LogP contribution is -2.00. The third-order valence-corrected chi connectivity index (χ3v) is 5.56. The maximum atomic E-state index is 11.5. The van der Waals surface area contributed by atoms with Gasteiger partial charge in [-0.25, -0.2) is 9.78 Å². The van der Waals surface area contributed by atoms with E-state index in [1.807, 2.05) is 32.0 Å². The third-order valence-electron chi connectivity index (χ3n) is 5.56. The number of rotatable bonds is 8. The minimum absolute atomic E-state index is 0.284. The van der Waals surface area contributed by atoms with E-state index in [9.17, 15) is 9.90 Å². The summed E-state index contributed by atoms with van der Waals surface area (Å²) in [7, 11) is 0. The van der Waals surface area contributed by atoms with Crippen LogP contribution in [0.1, 0.15) is 41.4 Å². The zero-order valence-electron chi connectivity index (χ0n) is 17.9. The first-order valence-corrected chi connectivity index (χ1v) is 10.6. The van der Waals surface area contributed by atoms with E-state index < -0.39 is 5.97 Å². The second-order valence-corrected chi connectivity index (χ2v) is 7.68. The summed E-state index contributed by atoms with van der Waals surface area (Å²) in [6, 6.07) is 13.3. The number of nitrogens with one attached hydrogen (secondary N) is 1. The van der Waals surface area contributed by atoms with Gasteiger partial charge in [0, 0.05) is 27.5 Å². The summed E-state index contributed by atoms with van der Waals surface area (Å²) in [6.07, 6.45) is 2.65. The van der Waals surface area contributed by atoms with Crippen molar-refractivity contribution in [3.63, 3.8) is 0 Å². The molecule has 0 atom stereocenters. The van der Waals surface area contributed by atoms with E-state index in [2.05, 4.69) is 17.1 Å². The molecule has 2 heterocycles. The SMILES string of the molecule is CCOc1ccc(-c2[nH]c3ccc(C(=O)O)cc3c2CCCCN)c2ccc(C)nc12. The van der Waals surface area contributed by atoms with E-state index in [0.29, 0.717) is 13.2 Å². The molecule has 0 spiro atoms. The molecular weight excluding hydrogens is 390 g/mol. The Morgan fingerprint density at radius 3 is 2.71 bits per heavy atom. The zero-order valence-corrected chi connectivity index (χ0v) is 17.9. The van der Waals surface area contributed by atoms with Gasteiger partial charge in [0.1, 0.15) is 11.3 Å². The van der Waals surface area contributed by atoms with Gasteiger partial charge in [0.15, 0.2) is 0 Å². The van der Waals surface area contributed by atoms with Crippen molar-refractivity contribution >= 4 is 27.8 Å². The summed E-state index contributed by atoms with van der Waals surface area (Å²) in [6.45, 7) is 5.13. The quantitative estimate of drug-likeness (QED) is 0.348. The van der Waals surface area contributed by atoms with Crippen LogP contribution in [0.15, 0.2) is 42.5 Å². The standard InChI is InChI=1S/C25H27N3O3/c1-3-31-22-12-10-18(19-9-7-15(2)27-24(19)22)23-17(6-4-5-13-26)20-14-16(25(29)30)8-11-21(20)28-23/h7-12,14,28H,3-6,13,26H2,1-2H3,(H,29,30). The lowest BCUT2D eigenvalue weighted by Gasteiger charge is -2.13. The monoisotopic (exact) mass is 417 g/mol. The lowest BCUT2D eigenvalue weighted by atomic mass is 9.96. The summed E-state index contributed by atoms with van der Waals surface area (Å²) >= 11 is 0. The van der Waals surface area contributed by atoms with E-state index >= 15 is 0 Å². The number of benzene rings is 2. The molecule has 2 aromatic heterocycles. The number of nitrogens with two attached hydrogens (primary N) is 1. The van der Waals surface area contributed by atoms with Crippen LogP contribution in [0.3, 0.4) is 0 Å². The molecule has 31 heavy (non-hydrogen) atoms. The van der Waals surface area contributed by atoms with Gasteiger partial charge >= 0.3 is 5.97 Å². The third kappa shape index (κ3) is 3.99. The maximum Gasteiger partial charge on any atom is 0.335 e. The van der Waals surface area contributed by atoms with Crippen molar-refractivity contribution in [2.24, 2.45) is 5.73 Å². The van der Waals surface area contributed by atoms with Gasteiger partial charge in [-0.15, -0.1) is 0 Å².